The van der Waals surface area contributed by atoms with Crippen LogP contribution in [0.2, 0.25) is 0 Å². The Morgan fingerprint density at radius 1 is 0.393 bits per heavy atom. The van der Waals surface area contributed by atoms with E-state index in [1.165, 1.54) is 128 Å². The molecule has 0 spiro atoms. The van der Waals surface area contributed by atoms with Crippen LogP contribution in [0.1, 0.15) is 239 Å². The van der Waals surface area contributed by atoms with Gasteiger partial charge in [-0.2, -0.15) is 0 Å². The number of allylic oxidation sites excluding steroid dienone is 14. The van der Waals surface area contributed by atoms with Gasteiger partial charge in [0.15, 0.2) is 6.10 Å². The van der Waals surface area contributed by atoms with Crippen molar-refractivity contribution in [2.75, 3.05) is 13.2 Å². The first kappa shape index (κ1) is 58.1. The maximum Gasteiger partial charge on any atom is 0.306 e. The van der Waals surface area contributed by atoms with Gasteiger partial charge in [0.1, 0.15) is 6.61 Å². The van der Waals surface area contributed by atoms with Crippen LogP contribution >= 0.6 is 0 Å². The molecule has 0 aromatic rings. The van der Waals surface area contributed by atoms with Gasteiger partial charge in [0.25, 0.3) is 0 Å². The maximum absolute atomic E-state index is 12.3. The largest absolute Gasteiger partial charge is 0.462 e. The van der Waals surface area contributed by atoms with E-state index in [1.807, 2.05) is 0 Å². The zero-order valence-electron chi connectivity index (χ0n) is 39.9. The average Bonchev–Trinajstić information content (AvgIpc) is 3.26. The summed E-state index contributed by atoms with van der Waals surface area (Å²) in [6.45, 7) is 4.00. The quantitative estimate of drug-likeness (QED) is 0.0375. The third kappa shape index (κ3) is 49.6. The van der Waals surface area contributed by atoms with Crippen molar-refractivity contribution in [2.45, 2.75) is 245 Å². The van der Waals surface area contributed by atoms with Crippen LogP contribution in [0.4, 0.5) is 0 Å². The molecule has 1 unspecified atom stereocenters. The number of esters is 2. The molecule has 0 fully saturated rings. The van der Waals surface area contributed by atoms with Gasteiger partial charge in [0.05, 0.1) is 6.61 Å². The van der Waals surface area contributed by atoms with Crippen LogP contribution in [0, 0.1) is 0 Å². The molecule has 61 heavy (non-hydrogen) atoms. The molecule has 0 heterocycles. The Hall–Kier alpha value is -2.92. The van der Waals surface area contributed by atoms with Crippen LogP contribution in [0.25, 0.3) is 0 Å². The maximum atomic E-state index is 12.3. The fourth-order valence-electron chi connectivity index (χ4n) is 7.08. The molecule has 0 saturated carbocycles. The molecule has 0 aliphatic carbocycles. The van der Waals surface area contributed by atoms with E-state index in [1.54, 1.807) is 0 Å². The molecule has 0 aromatic carbocycles. The zero-order chi connectivity index (χ0) is 44.2. The lowest BCUT2D eigenvalue weighted by atomic mass is 10.0. The molecule has 0 aromatic heterocycles. The number of unbranched alkanes of at least 4 members (excludes halogenated alkanes) is 24. The standard InChI is InChI=1S/C56H96O5/c1-3-5-7-9-11-13-15-17-19-21-22-23-24-25-26-27-28-29-30-31-32-33-34-35-37-39-41-43-45-47-49-51-56(59)61-54(52-57)53-60-55(58)50-48-46-44-42-40-38-36-20-18-16-14-12-10-8-6-4-2/h5,7,11,13-14,16-17,19-20,22-23,25-26,36,54,57H,3-4,6,8-10,12,15,18,21,24,27-35,37-53H2,1-2H3/b7-5-,13-11-,16-14-,19-17-,23-22-,26-25-,36-20-. The Kier molecular flexibility index (Phi) is 49.0. The topological polar surface area (TPSA) is 72.8 Å². The van der Waals surface area contributed by atoms with Gasteiger partial charge in [-0.05, 0) is 89.9 Å². The third-order valence-electron chi connectivity index (χ3n) is 10.9. The number of aliphatic hydroxyl groups is 1. The van der Waals surface area contributed by atoms with Gasteiger partial charge >= 0.3 is 11.9 Å². The molecule has 0 radical (unpaired) electrons. The van der Waals surface area contributed by atoms with Crippen LogP contribution in [0.5, 0.6) is 0 Å². The highest BCUT2D eigenvalue weighted by Gasteiger charge is 2.16. The minimum absolute atomic E-state index is 0.0750. The molecule has 1 atom stereocenters. The summed E-state index contributed by atoms with van der Waals surface area (Å²) in [5.41, 5.74) is 0. The van der Waals surface area contributed by atoms with E-state index < -0.39 is 6.10 Å². The van der Waals surface area contributed by atoms with Gasteiger partial charge in [0.2, 0.25) is 0 Å². The minimum atomic E-state index is -0.781. The average molecular weight is 849 g/mol. The Balaban J connectivity index is 3.51. The summed E-state index contributed by atoms with van der Waals surface area (Å²) < 4.78 is 10.7. The summed E-state index contributed by atoms with van der Waals surface area (Å²) in [6, 6.07) is 0. The number of carbonyl (C=O) groups is 2. The Bertz CT molecular complexity index is 1140. The van der Waals surface area contributed by atoms with Crippen molar-refractivity contribution < 1.29 is 24.2 Å². The number of ether oxygens (including phenoxy) is 2. The first-order valence-electron chi connectivity index (χ1n) is 25.6. The first-order chi connectivity index (χ1) is 30.1. The third-order valence-corrected chi connectivity index (χ3v) is 10.9. The lowest BCUT2D eigenvalue weighted by molar-refractivity contribution is -0.161. The Labute approximate surface area is 377 Å². The monoisotopic (exact) mass is 849 g/mol. The highest BCUT2D eigenvalue weighted by atomic mass is 16.6. The fraction of sp³-hybridized carbons (Fsp3) is 0.714. The fourth-order valence-corrected chi connectivity index (χ4v) is 7.08. The van der Waals surface area contributed by atoms with E-state index in [0.717, 1.165) is 83.5 Å². The molecule has 0 bridgehead atoms. The Morgan fingerprint density at radius 2 is 0.705 bits per heavy atom. The number of rotatable bonds is 46. The normalized spacial score (nSPS) is 12.9. The van der Waals surface area contributed by atoms with Crippen molar-refractivity contribution in [2.24, 2.45) is 0 Å². The molecular formula is C56H96O5. The molecule has 5 nitrogen and oxygen atoms in total. The second-order valence-electron chi connectivity index (χ2n) is 16.9. The SMILES string of the molecule is CC/C=C\C/C=C\C/C=C\C/C=C\C/C=C\CCCCCCCCCCCCCCCCCC(=O)OC(CO)COC(=O)CCCCCCC/C=C\C/C=C\CCCCCC. The highest BCUT2D eigenvalue weighted by Crippen LogP contribution is 2.15. The molecule has 0 aliphatic heterocycles. The number of carbonyl (C=O) groups excluding carboxylic acids is 2. The van der Waals surface area contributed by atoms with E-state index in [9.17, 15) is 14.7 Å². The number of aliphatic hydroxyl groups excluding tert-OH is 1. The van der Waals surface area contributed by atoms with E-state index >= 15 is 0 Å². The zero-order valence-corrected chi connectivity index (χ0v) is 39.9. The van der Waals surface area contributed by atoms with Gasteiger partial charge in [-0.25, -0.2) is 0 Å². The van der Waals surface area contributed by atoms with E-state index in [2.05, 4.69) is 98.9 Å². The molecule has 5 heteroatoms. The molecule has 0 rings (SSSR count). The van der Waals surface area contributed by atoms with Crippen molar-refractivity contribution >= 4 is 11.9 Å². The second-order valence-corrected chi connectivity index (χ2v) is 16.9. The summed E-state index contributed by atoms with van der Waals surface area (Å²) in [5.74, 6) is -0.605. The van der Waals surface area contributed by atoms with Gasteiger partial charge in [-0.3, -0.25) is 9.59 Å². The first-order valence-corrected chi connectivity index (χ1v) is 25.6. The summed E-state index contributed by atoms with van der Waals surface area (Å²) >= 11 is 0. The van der Waals surface area contributed by atoms with Gasteiger partial charge < -0.3 is 14.6 Å². The molecule has 0 saturated heterocycles. The summed E-state index contributed by atoms with van der Waals surface area (Å²) in [7, 11) is 0. The van der Waals surface area contributed by atoms with Crippen molar-refractivity contribution in [3.05, 3.63) is 85.1 Å². The summed E-state index contributed by atoms with van der Waals surface area (Å²) in [6.07, 6.45) is 71.1. The minimum Gasteiger partial charge on any atom is -0.462 e. The molecule has 0 aliphatic rings. The van der Waals surface area contributed by atoms with E-state index in [4.69, 9.17) is 9.47 Å². The van der Waals surface area contributed by atoms with Crippen molar-refractivity contribution in [3.63, 3.8) is 0 Å². The summed E-state index contributed by atoms with van der Waals surface area (Å²) in [4.78, 5) is 24.4. The van der Waals surface area contributed by atoms with Crippen molar-refractivity contribution in [1.82, 2.24) is 0 Å². The molecule has 1 N–H and O–H groups in total. The Morgan fingerprint density at radius 3 is 1.07 bits per heavy atom. The van der Waals surface area contributed by atoms with Crippen LogP contribution in [-0.4, -0.2) is 36.4 Å². The van der Waals surface area contributed by atoms with Crippen LogP contribution < -0.4 is 0 Å². The number of hydrogen-bond donors (Lipinski definition) is 1. The lowest BCUT2D eigenvalue weighted by Crippen LogP contribution is -2.28. The predicted molar refractivity (Wildman–Crippen MR) is 265 cm³/mol. The smallest absolute Gasteiger partial charge is 0.306 e. The van der Waals surface area contributed by atoms with Crippen LogP contribution in [0.15, 0.2) is 85.1 Å². The van der Waals surface area contributed by atoms with Gasteiger partial charge in [-0.15, -0.1) is 0 Å². The molecule has 0 amide bonds. The van der Waals surface area contributed by atoms with Gasteiger partial charge in [-0.1, -0.05) is 221 Å². The van der Waals surface area contributed by atoms with E-state index in [0.29, 0.717) is 12.8 Å². The molecule has 350 valence electrons. The highest BCUT2D eigenvalue weighted by molar-refractivity contribution is 5.70. The molecular weight excluding hydrogens is 753 g/mol. The second kappa shape index (κ2) is 51.4. The van der Waals surface area contributed by atoms with Gasteiger partial charge in [0, 0.05) is 12.8 Å². The summed E-state index contributed by atoms with van der Waals surface area (Å²) in [5, 5.41) is 9.62. The lowest BCUT2D eigenvalue weighted by Gasteiger charge is -2.15. The van der Waals surface area contributed by atoms with Crippen LogP contribution in [0.3, 0.4) is 0 Å². The van der Waals surface area contributed by atoms with E-state index in [-0.39, 0.29) is 25.2 Å². The van der Waals surface area contributed by atoms with Crippen molar-refractivity contribution in [1.29, 1.82) is 0 Å². The predicted octanol–water partition coefficient (Wildman–Crippen LogP) is 17.0. The number of hydrogen-bond acceptors (Lipinski definition) is 5. The van der Waals surface area contributed by atoms with Crippen molar-refractivity contribution in [3.8, 4) is 0 Å². The van der Waals surface area contributed by atoms with Crippen LogP contribution in [-0.2, 0) is 19.1 Å².